The minimum absolute atomic E-state index is 0.228. The largest absolute Gasteiger partial charge is 0.396 e. The number of aliphatic hydroxyl groups is 5. The molecule has 0 aliphatic heterocycles. The monoisotopic (exact) mass is 235 g/mol. The molecule has 1 rings (SSSR count). The topological polar surface area (TPSA) is 127 Å². The Balaban J connectivity index is 2.80. The average Bonchev–Trinajstić information content (AvgIpc) is 2.32. The van der Waals surface area contributed by atoms with Crippen LogP contribution in [0.1, 0.15) is 19.3 Å². The first-order valence-corrected chi connectivity index (χ1v) is 5.57. The highest BCUT2D eigenvalue weighted by molar-refractivity contribution is 4.91. The zero-order valence-corrected chi connectivity index (χ0v) is 9.11. The maximum absolute atomic E-state index is 9.80. The minimum Gasteiger partial charge on any atom is -0.396 e. The van der Waals surface area contributed by atoms with Crippen molar-refractivity contribution >= 4 is 0 Å². The molecule has 0 unspecified atom stereocenters. The lowest BCUT2D eigenvalue weighted by Crippen LogP contribution is -2.55. The average molecular weight is 235 g/mol. The predicted octanol–water partition coefficient (Wildman–Crippen LogP) is -2.45. The fourth-order valence-electron chi connectivity index (χ4n) is 2.10. The second-order valence-electron chi connectivity index (χ2n) is 4.49. The highest BCUT2D eigenvalue weighted by Crippen LogP contribution is 2.22. The molecule has 0 bridgehead atoms. The maximum atomic E-state index is 9.80. The first kappa shape index (κ1) is 13.8. The van der Waals surface area contributed by atoms with Gasteiger partial charge in [0, 0.05) is 12.5 Å². The van der Waals surface area contributed by atoms with Crippen molar-refractivity contribution in [3.05, 3.63) is 0 Å². The van der Waals surface area contributed by atoms with E-state index in [2.05, 4.69) is 0 Å². The third kappa shape index (κ3) is 2.91. The van der Waals surface area contributed by atoms with Gasteiger partial charge >= 0.3 is 0 Å². The molecule has 0 spiro atoms. The summed E-state index contributed by atoms with van der Waals surface area (Å²) in [6, 6.07) is -1.07. The SMILES string of the molecule is N[C@@H]1[C@@H](O)[C@@H](CO)CCC[C@@H](O)[C@@H](O)[C@H]1O. The Kier molecular flexibility index (Phi) is 5.10. The normalized spacial score (nSPS) is 46.9. The first-order chi connectivity index (χ1) is 7.49. The van der Waals surface area contributed by atoms with E-state index in [9.17, 15) is 20.4 Å². The van der Waals surface area contributed by atoms with Crippen molar-refractivity contribution in [3.8, 4) is 0 Å². The van der Waals surface area contributed by atoms with E-state index in [1.165, 1.54) is 0 Å². The lowest BCUT2D eigenvalue weighted by Gasteiger charge is -2.31. The third-order valence-electron chi connectivity index (χ3n) is 3.33. The van der Waals surface area contributed by atoms with Gasteiger partial charge in [0.05, 0.1) is 24.4 Å². The molecule has 1 aliphatic rings. The van der Waals surface area contributed by atoms with Gasteiger partial charge in [-0.1, -0.05) is 6.42 Å². The van der Waals surface area contributed by atoms with Gasteiger partial charge in [-0.25, -0.2) is 0 Å². The van der Waals surface area contributed by atoms with Gasteiger partial charge in [-0.05, 0) is 12.8 Å². The lowest BCUT2D eigenvalue weighted by atomic mass is 9.90. The summed E-state index contributed by atoms with van der Waals surface area (Å²) >= 11 is 0. The van der Waals surface area contributed by atoms with E-state index >= 15 is 0 Å². The van der Waals surface area contributed by atoms with E-state index in [0.717, 1.165) is 0 Å². The molecule has 0 heterocycles. The van der Waals surface area contributed by atoms with Crippen LogP contribution in [0.3, 0.4) is 0 Å². The Hall–Kier alpha value is -0.240. The number of hydrogen-bond acceptors (Lipinski definition) is 6. The van der Waals surface area contributed by atoms with Crippen LogP contribution in [-0.2, 0) is 0 Å². The standard InChI is InChI=1S/C10H21NO5/c11-7-8(14)5(4-12)2-1-3-6(13)9(15)10(7)16/h5-10,12-16H,1-4,11H2/t5-,6-,7-,8+,9-,10+/m1/s1. The molecule has 7 N–H and O–H groups in total. The summed E-state index contributed by atoms with van der Waals surface area (Å²) in [5.74, 6) is -0.429. The number of hydrogen-bond donors (Lipinski definition) is 6. The molecule has 0 aromatic heterocycles. The number of nitrogens with two attached hydrogens (primary N) is 1. The summed E-state index contributed by atoms with van der Waals surface area (Å²) in [6.07, 6.45) is -3.51. The van der Waals surface area contributed by atoms with Gasteiger partial charge in [0.2, 0.25) is 0 Å². The highest BCUT2D eigenvalue weighted by Gasteiger charge is 2.37. The lowest BCUT2D eigenvalue weighted by molar-refractivity contribution is -0.0869. The second kappa shape index (κ2) is 5.90. The molecule has 6 heteroatoms. The van der Waals surface area contributed by atoms with Crippen LogP contribution in [-0.4, -0.2) is 62.6 Å². The summed E-state index contributed by atoms with van der Waals surface area (Å²) in [7, 11) is 0. The van der Waals surface area contributed by atoms with Crippen LogP contribution in [0.25, 0.3) is 0 Å². The van der Waals surface area contributed by atoms with Gasteiger partial charge in [0.1, 0.15) is 6.10 Å². The van der Waals surface area contributed by atoms with E-state index in [1.807, 2.05) is 0 Å². The van der Waals surface area contributed by atoms with E-state index in [0.29, 0.717) is 19.3 Å². The molecular weight excluding hydrogens is 214 g/mol. The molecule has 0 aromatic carbocycles. The Morgan fingerprint density at radius 3 is 2.12 bits per heavy atom. The number of rotatable bonds is 1. The molecule has 0 saturated heterocycles. The minimum atomic E-state index is -1.39. The summed E-state index contributed by atoms with van der Waals surface area (Å²) < 4.78 is 0. The van der Waals surface area contributed by atoms with Gasteiger partial charge < -0.3 is 31.3 Å². The van der Waals surface area contributed by atoms with Gasteiger partial charge in [0.25, 0.3) is 0 Å². The van der Waals surface area contributed by atoms with E-state index in [-0.39, 0.29) is 6.61 Å². The van der Waals surface area contributed by atoms with Crippen molar-refractivity contribution in [2.75, 3.05) is 6.61 Å². The molecular formula is C10H21NO5. The van der Waals surface area contributed by atoms with Crippen molar-refractivity contribution in [1.29, 1.82) is 0 Å². The Bertz CT molecular complexity index is 211. The molecule has 1 fully saturated rings. The molecule has 16 heavy (non-hydrogen) atoms. The maximum Gasteiger partial charge on any atom is 0.107 e. The zero-order chi connectivity index (χ0) is 12.3. The Morgan fingerprint density at radius 1 is 0.938 bits per heavy atom. The number of aliphatic hydroxyl groups excluding tert-OH is 5. The molecule has 1 aliphatic carbocycles. The van der Waals surface area contributed by atoms with Crippen LogP contribution in [0.15, 0.2) is 0 Å². The fourth-order valence-corrected chi connectivity index (χ4v) is 2.10. The third-order valence-corrected chi connectivity index (χ3v) is 3.33. The van der Waals surface area contributed by atoms with Crippen LogP contribution in [0.4, 0.5) is 0 Å². The van der Waals surface area contributed by atoms with E-state index in [1.54, 1.807) is 0 Å². The highest BCUT2D eigenvalue weighted by atomic mass is 16.4. The smallest absolute Gasteiger partial charge is 0.107 e. The van der Waals surface area contributed by atoms with Gasteiger partial charge in [-0.3, -0.25) is 0 Å². The van der Waals surface area contributed by atoms with Gasteiger partial charge in [-0.15, -0.1) is 0 Å². The van der Waals surface area contributed by atoms with E-state index < -0.39 is 36.4 Å². The Morgan fingerprint density at radius 2 is 1.56 bits per heavy atom. The van der Waals surface area contributed by atoms with Crippen molar-refractivity contribution in [2.45, 2.75) is 49.7 Å². The molecule has 0 amide bonds. The van der Waals surface area contributed by atoms with Crippen LogP contribution in [0.5, 0.6) is 0 Å². The molecule has 0 radical (unpaired) electrons. The molecule has 6 nitrogen and oxygen atoms in total. The first-order valence-electron chi connectivity index (χ1n) is 5.57. The second-order valence-corrected chi connectivity index (χ2v) is 4.49. The van der Waals surface area contributed by atoms with Crippen molar-refractivity contribution in [1.82, 2.24) is 0 Å². The van der Waals surface area contributed by atoms with Crippen LogP contribution >= 0.6 is 0 Å². The van der Waals surface area contributed by atoms with Crippen molar-refractivity contribution in [2.24, 2.45) is 11.7 Å². The quantitative estimate of drug-likeness (QED) is 0.299. The van der Waals surface area contributed by atoms with Crippen LogP contribution < -0.4 is 5.73 Å². The zero-order valence-electron chi connectivity index (χ0n) is 9.11. The summed E-state index contributed by atoms with van der Waals surface area (Å²) in [5, 5.41) is 47.6. The molecule has 0 aromatic rings. The molecule has 6 atom stereocenters. The molecule has 96 valence electrons. The van der Waals surface area contributed by atoms with Gasteiger partial charge in [-0.2, -0.15) is 0 Å². The van der Waals surface area contributed by atoms with Gasteiger partial charge in [0.15, 0.2) is 0 Å². The fraction of sp³-hybridized carbons (Fsp3) is 1.00. The Labute approximate surface area is 94.3 Å². The molecule has 1 saturated carbocycles. The van der Waals surface area contributed by atoms with Crippen LogP contribution in [0.2, 0.25) is 0 Å². The summed E-state index contributed by atoms with van der Waals surface area (Å²) in [5.41, 5.74) is 5.60. The predicted molar refractivity (Wildman–Crippen MR) is 56.4 cm³/mol. The van der Waals surface area contributed by atoms with Crippen molar-refractivity contribution in [3.63, 3.8) is 0 Å². The van der Waals surface area contributed by atoms with Crippen LogP contribution in [0, 0.1) is 5.92 Å². The van der Waals surface area contributed by atoms with E-state index in [4.69, 9.17) is 10.8 Å². The summed E-state index contributed by atoms with van der Waals surface area (Å²) in [6.45, 7) is -0.228. The van der Waals surface area contributed by atoms with Crippen molar-refractivity contribution < 1.29 is 25.5 Å². The summed E-state index contributed by atoms with van der Waals surface area (Å²) in [4.78, 5) is 0.